The van der Waals surface area contributed by atoms with Crippen LogP contribution in [0.25, 0.3) is 0 Å². The minimum Gasteiger partial charge on any atom is -0.371 e. The minimum absolute atomic E-state index is 0.0661. The number of nitrogens with zero attached hydrogens (tertiary/aromatic N) is 1. The van der Waals surface area contributed by atoms with Gasteiger partial charge in [0.2, 0.25) is 0 Å². The number of benzene rings is 3. The Morgan fingerprint density at radius 3 is 2.21 bits per heavy atom. The van der Waals surface area contributed by atoms with Gasteiger partial charge in [0.25, 0.3) is 5.91 Å². The molecule has 0 aromatic heterocycles. The molecule has 1 aliphatic heterocycles. The van der Waals surface area contributed by atoms with Gasteiger partial charge in [-0.15, -0.1) is 0 Å². The topological polar surface area (TPSA) is 32.3 Å². The fraction of sp³-hybridized carbons (Fsp3) is 0.240. The molecule has 28 heavy (non-hydrogen) atoms. The third-order valence-electron chi connectivity index (χ3n) is 5.64. The number of anilines is 2. The van der Waals surface area contributed by atoms with Gasteiger partial charge in [-0.1, -0.05) is 54.6 Å². The molecule has 3 aromatic carbocycles. The molecule has 0 bridgehead atoms. The number of amides is 1. The second-order valence-electron chi connectivity index (χ2n) is 7.49. The molecule has 1 saturated heterocycles. The van der Waals surface area contributed by atoms with Gasteiger partial charge >= 0.3 is 0 Å². The minimum atomic E-state index is -0.0661. The lowest BCUT2D eigenvalue weighted by atomic mass is 9.89. The molecular weight excluding hydrogens is 344 g/mol. The van der Waals surface area contributed by atoms with Crippen molar-refractivity contribution in [1.82, 2.24) is 0 Å². The number of hydrogen-bond acceptors (Lipinski definition) is 2. The first-order valence-corrected chi connectivity index (χ1v) is 9.97. The normalized spacial score (nSPS) is 14.7. The maximum absolute atomic E-state index is 12.5. The third kappa shape index (κ3) is 4.09. The van der Waals surface area contributed by atoms with Gasteiger partial charge in [0.05, 0.1) is 0 Å². The van der Waals surface area contributed by atoms with Gasteiger partial charge in [0.15, 0.2) is 0 Å². The Labute approximate surface area is 167 Å². The number of carbonyl (C=O) groups is 1. The van der Waals surface area contributed by atoms with Crippen LogP contribution in [0.2, 0.25) is 0 Å². The molecule has 3 nitrogen and oxygen atoms in total. The van der Waals surface area contributed by atoms with Crippen molar-refractivity contribution in [3.63, 3.8) is 0 Å². The summed E-state index contributed by atoms with van der Waals surface area (Å²) in [5.41, 5.74) is 5.27. The molecule has 0 aliphatic carbocycles. The van der Waals surface area contributed by atoms with Crippen molar-refractivity contribution in [2.45, 2.75) is 25.7 Å². The molecule has 4 rings (SSSR count). The number of rotatable bonds is 4. The van der Waals surface area contributed by atoms with Crippen LogP contribution < -0.4 is 10.2 Å². The molecule has 3 heteroatoms. The molecule has 1 heterocycles. The van der Waals surface area contributed by atoms with Gasteiger partial charge in [0, 0.05) is 30.0 Å². The standard InChI is InChI=1S/C25H26N2O/c1-19-12-13-23(18-24(19)26-25(28)22-10-6-3-7-11-22)27-16-14-21(15-17-27)20-8-4-2-5-9-20/h2-13,18,21H,14-17H2,1H3,(H,26,28). The van der Waals surface area contributed by atoms with Gasteiger partial charge < -0.3 is 10.2 Å². The van der Waals surface area contributed by atoms with Crippen molar-refractivity contribution < 1.29 is 4.79 Å². The highest BCUT2D eigenvalue weighted by molar-refractivity contribution is 6.04. The van der Waals surface area contributed by atoms with Crippen LogP contribution in [-0.2, 0) is 0 Å². The first-order chi connectivity index (χ1) is 13.7. The second kappa shape index (κ2) is 8.30. The van der Waals surface area contributed by atoms with Crippen molar-refractivity contribution in [2.24, 2.45) is 0 Å². The summed E-state index contributed by atoms with van der Waals surface area (Å²) in [5.74, 6) is 0.573. The summed E-state index contributed by atoms with van der Waals surface area (Å²) in [5, 5.41) is 3.08. The SMILES string of the molecule is Cc1ccc(N2CCC(c3ccccc3)CC2)cc1NC(=O)c1ccccc1. The molecule has 0 unspecified atom stereocenters. The Hall–Kier alpha value is -3.07. The van der Waals surface area contributed by atoms with Crippen molar-refractivity contribution >= 4 is 17.3 Å². The van der Waals surface area contributed by atoms with Gasteiger partial charge in [-0.3, -0.25) is 4.79 Å². The zero-order chi connectivity index (χ0) is 19.3. The molecule has 1 aliphatic rings. The molecule has 142 valence electrons. The lowest BCUT2D eigenvalue weighted by Gasteiger charge is -2.34. The average molecular weight is 370 g/mol. The van der Waals surface area contributed by atoms with Crippen LogP contribution in [0.1, 0.15) is 40.2 Å². The summed E-state index contributed by atoms with van der Waals surface area (Å²) in [7, 11) is 0. The first-order valence-electron chi connectivity index (χ1n) is 9.97. The monoisotopic (exact) mass is 370 g/mol. The highest BCUT2D eigenvalue weighted by Crippen LogP contribution is 2.32. The Balaban J connectivity index is 1.45. The zero-order valence-electron chi connectivity index (χ0n) is 16.3. The maximum atomic E-state index is 12.5. The van der Waals surface area contributed by atoms with E-state index in [2.05, 4.69) is 58.7 Å². The van der Waals surface area contributed by atoms with Crippen LogP contribution in [0, 0.1) is 6.92 Å². The number of piperidine rings is 1. The Morgan fingerprint density at radius 1 is 0.893 bits per heavy atom. The molecule has 1 amide bonds. The van der Waals surface area contributed by atoms with Crippen molar-refractivity contribution in [3.8, 4) is 0 Å². The van der Waals surface area contributed by atoms with Crippen LogP contribution in [0.5, 0.6) is 0 Å². The molecule has 0 spiro atoms. The molecule has 0 radical (unpaired) electrons. The fourth-order valence-corrected chi connectivity index (χ4v) is 3.92. The predicted molar refractivity (Wildman–Crippen MR) is 116 cm³/mol. The van der Waals surface area contributed by atoms with Crippen molar-refractivity contribution in [1.29, 1.82) is 0 Å². The Bertz CT molecular complexity index is 929. The van der Waals surface area contributed by atoms with Gasteiger partial charge in [-0.05, 0) is 61.1 Å². The van der Waals surface area contributed by atoms with E-state index in [0.29, 0.717) is 11.5 Å². The number of aryl methyl sites for hydroxylation is 1. The van der Waals surface area contributed by atoms with E-state index in [4.69, 9.17) is 0 Å². The second-order valence-corrected chi connectivity index (χ2v) is 7.49. The van der Waals surface area contributed by atoms with Crippen LogP contribution in [-0.4, -0.2) is 19.0 Å². The van der Waals surface area contributed by atoms with Crippen molar-refractivity contribution in [2.75, 3.05) is 23.3 Å². The van der Waals surface area contributed by atoms with E-state index in [1.807, 2.05) is 37.3 Å². The molecular formula is C25H26N2O. The highest BCUT2D eigenvalue weighted by Gasteiger charge is 2.21. The maximum Gasteiger partial charge on any atom is 0.255 e. The summed E-state index contributed by atoms with van der Waals surface area (Å²) in [6.45, 7) is 4.11. The van der Waals surface area contributed by atoms with Crippen LogP contribution in [0.3, 0.4) is 0 Å². The molecule has 1 N–H and O–H groups in total. The van der Waals surface area contributed by atoms with E-state index in [-0.39, 0.29) is 5.91 Å². The Morgan fingerprint density at radius 2 is 1.54 bits per heavy atom. The number of hydrogen-bond donors (Lipinski definition) is 1. The first kappa shape index (κ1) is 18.3. The summed E-state index contributed by atoms with van der Waals surface area (Å²) in [4.78, 5) is 15.0. The van der Waals surface area contributed by atoms with Crippen LogP contribution in [0.4, 0.5) is 11.4 Å². The smallest absolute Gasteiger partial charge is 0.255 e. The summed E-state index contributed by atoms with van der Waals surface area (Å²) in [6.07, 6.45) is 2.31. The van der Waals surface area contributed by atoms with Crippen LogP contribution in [0.15, 0.2) is 78.9 Å². The highest BCUT2D eigenvalue weighted by atomic mass is 16.1. The molecule has 3 aromatic rings. The zero-order valence-corrected chi connectivity index (χ0v) is 16.3. The Kier molecular flexibility index (Phi) is 5.43. The van der Waals surface area contributed by atoms with E-state index in [1.165, 1.54) is 11.3 Å². The third-order valence-corrected chi connectivity index (χ3v) is 5.64. The van der Waals surface area contributed by atoms with Crippen molar-refractivity contribution in [3.05, 3.63) is 95.6 Å². The lowest BCUT2D eigenvalue weighted by molar-refractivity contribution is 0.102. The quantitative estimate of drug-likeness (QED) is 0.645. The predicted octanol–water partition coefficient (Wildman–Crippen LogP) is 5.63. The fourth-order valence-electron chi connectivity index (χ4n) is 3.92. The van der Waals surface area contributed by atoms with E-state index < -0.39 is 0 Å². The summed E-state index contributed by atoms with van der Waals surface area (Å²) in [6, 6.07) is 26.5. The van der Waals surface area contributed by atoms with Crippen LogP contribution >= 0.6 is 0 Å². The van der Waals surface area contributed by atoms with Gasteiger partial charge in [-0.2, -0.15) is 0 Å². The lowest BCUT2D eigenvalue weighted by Crippen LogP contribution is -2.32. The van der Waals surface area contributed by atoms with E-state index in [9.17, 15) is 4.79 Å². The average Bonchev–Trinajstić information content (AvgIpc) is 2.76. The van der Waals surface area contributed by atoms with E-state index >= 15 is 0 Å². The van der Waals surface area contributed by atoms with Gasteiger partial charge in [0.1, 0.15) is 0 Å². The molecule has 0 saturated carbocycles. The number of nitrogens with one attached hydrogen (secondary N) is 1. The molecule has 1 fully saturated rings. The number of carbonyl (C=O) groups excluding carboxylic acids is 1. The molecule has 0 atom stereocenters. The largest absolute Gasteiger partial charge is 0.371 e. The van der Waals surface area contributed by atoms with E-state index in [0.717, 1.165) is 37.2 Å². The summed E-state index contributed by atoms with van der Waals surface area (Å²) < 4.78 is 0. The van der Waals surface area contributed by atoms with Gasteiger partial charge in [-0.25, -0.2) is 0 Å². The van der Waals surface area contributed by atoms with E-state index in [1.54, 1.807) is 0 Å². The summed E-state index contributed by atoms with van der Waals surface area (Å²) >= 11 is 0.